The number of nitrogens with zero attached hydrogens (tertiary/aromatic N) is 1. The van der Waals surface area contributed by atoms with Crippen LogP contribution in [0.3, 0.4) is 0 Å². The molecule has 10 heavy (non-hydrogen) atoms. The Morgan fingerprint density at radius 1 is 1.50 bits per heavy atom. The van der Waals surface area contributed by atoms with Gasteiger partial charge in [0, 0.05) is 12.8 Å². The molecule has 1 rings (SSSR count). The Balaban J connectivity index is 2.33. The van der Waals surface area contributed by atoms with Gasteiger partial charge < -0.3 is 10.8 Å². The SMILES string of the molecule is N=C(N)[N+]1CCC(O)CC1. The Bertz CT molecular complexity index is 129. The van der Waals surface area contributed by atoms with E-state index in [-0.39, 0.29) is 12.1 Å². The molecule has 4 heteroatoms. The summed E-state index contributed by atoms with van der Waals surface area (Å²) >= 11 is 0. The Labute approximate surface area is 60.1 Å². The van der Waals surface area contributed by atoms with Gasteiger partial charge in [0.05, 0.1) is 6.10 Å². The number of nitrogens with two attached hydrogens (primary N) is 1. The number of nitrogens with one attached hydrogen (secondary N) is 1. The van der Waals surface area contributed by atoms with Crippen molar-refractivity contribution in [1.82, 2.24) is 4.90 Å². The van der Waals surface area contributed by atoms with Gasteiger partial charge in [0.1, 0.15) is 13.1 Å². The third-order valence-corrected chi connectivity index (χ3v) is 1.81. The van der Waals surface area contributed by atoms with Gasteiger partial charge in [-0.3, -0.25) is 0 Å². The third-order valence-electron chi connectivity index (χ3n) is 1.81. The molecule has 57 valence electrons. The number of aliphatic hydroxyl groups is 1. The molecule has 1 aliphatic rings. The predicted octanol–water partition coefficient (Wildman–Crippen LogP) is -0.825. The highest BCUT2D eigenvalue weighted by Crippen LogP contribution is 2.05. The number of hydrogen-bond acceptors (Lipinski definition) is 2. The van der Waals surface area contributed by atoms with E-state index in [9.17, 15) is 0 Å². The average molecular weight is 143 g/mol. The lowest BCUT2D eigenvalue weighted by Gasteiger charge is -2.18. The molecule has 0 unspecified atom stereocenters. The quantitative estimate of drug-likeness (QED) is 0.235. The average Bonchev–Trinajstić information content (AvgIpc) is 1.88. The molecular formula is C6H13N3O+. The van der Waals surface area contributed by atoms with Crippen LogP contribution < -0.4 is 10.6 Å². The Kier molecular flexibility index (Phi) is 2.24. The molecule has 0 aromatic carbocycles. The predicted molar refractivity (Wildman–Crippen MR) is 39.0 cm³/mol. The number of piperidine rings is 1. The zero-order valence-electron chi connectivity index (χ0n) is 5.88. The van der Waals surface area contributed by atoms with Crippen LogP contribution in [-0.4, -0.2) is 30.3 Å². The summed E-state index contributed by atoms with van der Waals surface area (Å²) in [6.07, 6.45) is 1.29. The summed E-state index contributed by atoms with van der Waals surface area (Å²) in [6.45, 7) is 1.44. The van der Waals surface area contributed by atoms with E-state index in [0.717, 1.165) is 25.9 Å². The molecule has 1 saturated heterocycles. The smallest absolute Gasteiger partial charge is 0.341 e. The van der Waals surface area contributed by atoms with Crippen molar-refractivity contribution in [3.05, 3.63) is 0 Å². The van der Waals surface area contributed by atoms with Gasteiger partial charge in [0.2, 0.25) is 0 Å². The van der Waals surface area contributed by atoms with Crippen LogP contribution in [0.15, 0.2) is 0 Å². The first-order chi connectivity index (χ1) is 4.70. The zero-order chi connectivity index (χ0) is 7.56. The van der Waals surface area contributed by atoms with Crippen molar-refractivity contribution < 1.29 is 5.11 Å². The molecule has 4 N–H and O–H groups in total. The van der Waals surface area contributed by atoms with Gasteiger partial charge in [0.25, 0.3) is 0 Å². The number of guanidine groups is 1. The first kappa shape index (κ1) is 7.50. The number of likely N-dealkylation sites (tertiary alicyclic amines) is 1. The highest BCUT2D eigenvalue weighted by atomic mass is 16.3. The Morgan fingerprint density at radius 2 is 2.00 bits per heavy atom. The summed E-state index contributed by atoms with van der Waals surface area (Å²) in [5, 5.41) is 16.1. The molecule has 1 fully saturated rings. The second-order valence-electron chi connectivity index (χ2n) is 2.60. The Morgan fingerprint density at radius 3 is 2.40 bits per heavy atom. The van der Waals surface area contributed by atoms with Crippen molar-refractivity contribution in [2.45, 2.75) is 18.9 Å². The standard InChI is InChI=1S/C6H13N3O/c7-6(8)9-3-1-5(10)2-4-9/h5,10H,1-4H2,(H3,7,8)/q+1. The first-order valence-electron chi connectivity index (χ1n) is 3.47. The maximum absolute atomic E-state index is 9.07. The van der Waals surface area contributed by atoms with Gasteiger partial charge in [-0.25, -0.2) is 5.41 Å². The highest BCUT2D eigenvalue weighted by molar-refractivity contribution is 5.77. The van der Waals surface area contributed by atoms with E-state index in [4.69, 9.17) is 16.2 Å². The Hall–Kier alpha value is -0.610. The van der Waals surface area contributed by atoms with Crippen LogP contribution in [0.4, 0.5) is 0 Å². The number of aliphatic hydroxyl groups excluding tert-OH is 1. The lowest BCUT2D eigenvalue weighted by Crippen LogP contribution is -2.48. The van der Waals surface area contributed by atoms with Crippen LogP contribution in [0, 0.1) is 5.41 Å². The second-order valence-corrected chi connectivity index (χ2v) is 2.60. The van der Waals surface area contributed by atoms with E-state index in [1.54, 1.807) is 4.90 Å². The second kappa shape index (κ2) is 2.98. The van der Waals surface area contributed by atoms with E-state index < -0.39 is 0 Å². The van der Waals surface area contributed by atoms with Crippen LogP contribution >= 0.6 is 0 Å². The minimum absolute atomic E-state index is 0.118. The maximum Gasteiger partial charge on any atom is 0.341 e. The minimum atomic E-state index is -0.185. The van der Waals surface area contributed by atoms with Crippen molar-refractivity contribution in [3.63, 3.8) is 0 Å². The van der Waals surface area contributed by atoms with Crippen molar-refractivity contribution in [2.24, 2.45) is 5.73 Å². The van der Waals surface area contributed by atoms with Crippen LogP contribution in [0.25, 0.3) is 0 Å². The topological polar surface area (TPSA) is 76.0 Å². The maximum atomic E-state index is 9.07. The monoisotopic (exact) mass is 143 g/mol. The third kappa shape index (κ3) is 1.68. The van der Waals surface area contributed by atoms with Crippen molar-refractivity contribution in [1.29, 1.82) is 5.41 Å². The van der Waals surface area contributed by atoms with Crippen LogP contribution in [0.5, 0.6) is 0 Å². The molecule has 0 bridgehead atoms. The number of rotatable bonds is 0. The van der Waals surface area contributed by atoms with Crippen LogP contribution in [-0.2, 0) is 0 Å². The van der Waals surface area contributed by atoms with E-state index in [1.807, 2.05) is 0 Å². The molecule has 0 aliphatic carbocycles. The van der Waals surface area contributed by atoms with Gasteiger partial charge in [-0.1, -0.05) is 0 Å². The largest absolute Gasteiger partial charge is 0.393 e. The molecule has 0 amide bonds. The molecule has 1 aliphatic heterocycles. The van der Waals surface area contributed by atoms with Gasteiger partial charge in [0.15, 0.2) is 0 Å². The molecule has 1 heterocycles. The lowest BCUT2D eigenvalue weighted by molar-refractivity contribution is 0.127. The fourth-order valence-corrected chi connectivity index (χ4v) is 1.11. The zero-order valence-corrected chi connectivity index (χ0v) is 5.88. The molecule has 0 aromatic heterocycles. The molecule has 0 saturated carbocycles. The molecule has 0 aromatic rings. The first-order valence-corrected chi connectivity index (χ1v) is 3.47. The van der Waals surface area contributed by atoms with E-state index in [0.29, 0.717) is 0 Å². The van der Waals surface area contributed by atoms with Gasteiger partial charge in [-0.05, 0) is 0 Å². The van der Waals surface area contributed by atoms with Gasteiger partial charge in [-0.2, -0.15) is 0 Å². The van der Waals surface area contributed by atoms with Crippen molar-refractivity contribution in [2.75, 3.05) is 13.1 Å². The van der Waals surface area contributed by atoms with Gasteiger partial charge in [-0.15, -0.1) is 4.90 Å². The molecule has 0 spiro atoms. The minimum Gasteiger partial charge on any atom is -0.393 e. The highest BCUT2D eigenvalue weighted by Gasteiger charge is 2.27. The van der Waals surface area contributed by atoms with Crippen LogP contribution in [0.1, 0.15) is 12.8 Å². The van der Waals surface area contributed by atoms with E-state index >= 15 is 0 Å². The normalized spacial score (nSPS) is 22.9. The lowest BCUT2D eigenvalue weighted by atomic mass is 10.1. The number of hydrogen-bond donors (Lipinski definition) is 3. The molecule has 0 atom stereocenters. The summed E-state index contributed by atoms with van der Waals surface area (Å²) in [7, 11) is 0. The van der Waals surface area contributed by atoms with E-state index in [2.05, 4.69) is 0 Å². The summed E-state index contributed by atoms with van der Waals surface area (Å²) in [5.74, 6) is 0.118. The molecule has 1 radical (unpaired) electrons. The van der Waals surface area contributed by atoms with Crippen LogP contribution in [0.2, 0.25) is 0 Å². The summed E-state index contributed by atoms with van der Waals surface area (Å²) < 4.78 is 0. The summed E-state index contributed by atoms with van der Waals surface area (Å²) in [4.78, 5) is 1.77. The molecule has 4 nitrogen and oxygen atoms in total. The fourth-order valence-electron chi connectivity index (χ4n) is 1.11. The summed E-state index contributed by atoms with van der Waals surface area (Å²) in [6, 6.07) is 0. The summed E-state index contributed by atoms with van der Waals surface area (Å²) in [5.41, 5.74) is 5.24. The van der Waals surface area contributed by atoms with Crippen molar-refractivity contribution in [3.8, 4) is 0 Å². The van der Waals surface area contributed by atoms with Crippen molar-refractivity contribution >= 4 is 5.96 Å². The van der Waals surface area contributed by atoms with Gasteiger partial charge >= 0.3 is 5.96 Å². The molecular weight excluding hydrogens is 130 g/mol. The fraction of sp³-hybridized carbons (Fsp3) is 0.833. The van der Waals surface area contributed by atoms with E-state index in [1.165, 1.54) is 0 Å².